The molecule has 1 unspecified atom stereocenters. The van der Waals surface area contributed by atoms with E-state index < -0.39 is 5.97 Å². The Morgan fingerprint density at radius 2 is 2.46 bits per heavy atom. The number of thioether (sulfide) groups is 1. The first-order valence-corrected chi connectivity index (χ1v) is 5.83. The van der Waals surface area contributed by atoms with Crippen LogP contribution in [-0.2, 0) is 4.79 Å². The van der Waals surface area contributed by atoms with Crippen molar-refractivity contribution in [3.63, 3.8) is 0 Å². The lowest BCUT2D eigenvalue weighted by atomic mass is 10.3. The van der Waals surface area contributed by atoms with Gasteiger partial charge in [-0.1, -0.05) is 6.92 Å². The minimum atomic E-state index is -0.689. The predicted octanol–water partition coefficient (Wildman–Crippen LogP) is 1.29. The highest BCUT2D eigenvalue weighted by Crippen LogP contribution is 2.20. The lowest BCUT2D eigenvalue weighted by Crippen LogP contribution is -2.38. The van der Waals surface area contributed by atoms with Crippen LogP contribution in [0.15, 0.2) is 0 Å². The van der Waals surface area contributed by atoms with Gasteiger partial charge in [0, 0.05) is 30.6 Å². The van der Waals surface area contributed by atoms with E-state index in [9.17, 15) is 4.79 Å². The molecule has 0 aromatic heterocycles. The van der Waals surface area contributed by atoms with E-state index in [-0.39, 0.29) is 6.42 Å². The van der Waals surface area contributed by atoms with Gasteiger partial charge < -0.3 is 10.0 Å². The molecule has 0 radical (unpaired) electrons. The molecular weight excluding hydrogens is 186 g/mol. The molecule has 0 saturated carbocycles. The topological polar surface area (TPSA) is 40.5 Å². The molecule has 0 aromatic carbocycles. The van der Waals surface area contributed by atoms with E-state index in [1.165, 1.54) is 6.42 Å². The zero-order chi connectivity index (χ0) is 9.68. The molecule has 1 rings (SSSR count). The third-order valence-electron chi connectivity index (χ3n) is 2.32. The number of nitrogens with zero attached hydrogens (tertiary/aromatic N) is 1. The standard InChI is InChI=1S/C9H17NO2S/c1-2-8-7-10(5-6-13-8)4-3-9(11)12/h8H,2-7H2,1H3,(H,11,12). The summed E-state index contributed by atoms with van der Waals surface area (Å²) in [7, 11) is 0. The number of carbonyl (C=O) groups is 1. The van der Waals surface area contributed by atoms with Crippen LogP contribution in [0.3, 0.4) is 0 Å². The van der Waals surface area contributed by atoms with Crippen molar-refractivity contribution in [3.05, 3.63) is 0 Å². The largest absolute Gasteiger partial charge is 0.481 e. The number of carboxylic acid groups (broad SMARTS) is 1. The molecule has 0 amide bonds. The normalized spacial score (nSPS) is 24.5. The quantitative estimate of drug-likeness (QED) is 0.747. The average Bonchev–Trinajstić information content (AvgIpc) is 2.15. The van der Waals surface area contributed by atoms with E-state index in [4.69, 9.17) is 5.11 Å². The number of aliphatic carboxylic acids is 1. The summed E-state index contributed by atoms with van der Waals surface area (Å²) in [5.41, 5.74) is 0. The minimum Gasteiger partial charge on any atom is -0.481 e. The lowest BCUT2D eigenvalue weighted by molar-refractivity contribution is -0.137. The van der Waals surface area contributed by atoms with Crippen molar-refractivity contribution in [1.82, 2.24) is 4.90 Å². The predicted molar refractivity (Wildman–Crippen MR) is 55.2 cm³/mol. The van der Waals surface area contributed by atoms with Gasteiger partial charge in [0.25, 0.3) is 0 Å². The van der Waals surface area contributed by atoms with Gasteiger partial charge in [0.05, 0.1) is 6.42 Å². The van der Waals surface area contributed by atoms with Gasteiger partial charge in [-0.15, -0.1) is 0 Å². The van der Waals surface area contributed by atoms with Crippen LogP contribution in [0.25, 0.3) is 0 Å². The number of hydrogen-bond acceptors (Lipinski definition) is 3. The number of carboxylic acids is 1. The summed E-state index contributed by atoms with van der Waals surface area (Å²) >= 11 is 2.01. The third-order valence-corrected chi connectivity index (χ3v) is 3.69. The van der Waals surface area contributed by atoms with Crippen LogP contribution in [0.5, 0.6) is 0 Å². The maximum Gasteiger partial charge on any atom is 0.304 e. The monoisotopic (exact) mass is 203 g/mol. The Kier molecular flexibility index (Phi) is 4.59. The van der Waals surface area contributed by atoms with Crippen molar-refractivity contribution < 1.29 is 9.90 Å². The lowest BCUT2D eigenvalue weighted by Gasteiger charge is -2.31. The molecule has 0 aromatic rings. The first kappa shape index (κ1) is 10.9. The zero-order valence-electron chi connectivity index (χ0n) is 8.03. The van der Waals surface area contributed by atoms with Crippen LogP contribution >= 0.6 is 11.8 Å². The average molecular weight is 203 g/mol. The molecule has 76 valence electrons. The highest BCUT2D eigenvalue weighted by molar-refractivity contribution is 8.00. The molecule has 1 fully saturated rings. The van der Waals surface area contributed by atoms with Crippen LogP contribution in [0.2, 0.25) is 0 Å². The molecule has 1 saturated heterocycles. The van der Waals surface area contributed by atoms with E-state index in [1.54, 1.807) is 0 Å². The first-order valence-electron chi connectivity index (χ1n) is 4.78. The number of hydrogen-bond donors (Lipinski definition) is 1. The maximum atomic E-state index is 10.4. The molecule has 1 aliphatic rings. The van der Waals surface area contributed by atoms with Gasteiger partial charge >= 0.3 is 5.97 Å². The van der Waals surface area contributed by atoms with Crippen molar-refractivity contribution in [1.29, 1.82) is 0 Å². The summed E-state index contributed by atoms with van der Waals surface area (Å²) in [6, 6.07) is 0. The van der Waals surface area contributed by atoms with Gasteiger partial charge in [-0.05, 0) is 6.42 Å². The van der Waals surface area contributed by atoms with Crippen molar-refractivity contribution in [2.75, 3.05) is 25.4 Å². The Balaban J connectivity index is 2.21. The smallest absolute Gasteiger partial charge is 0.304 e. The molecular formula is C9H17NO2S. The third kappa shape index (κ3) is 4.00. The highest BCUT2D eigenvalue weighted by Gasteiger charge is 2.18. The molecule has 0 aliphatic carbocycles. The van der Waals surface area contributed by atoms with Crippen molar-refractivity contribution in [3.8, 4) is 0 Å². The second-order valence-corrected chi connectivity index (χ2v) is 4.75. The fourth-order valence-electron chi connectivity index (χ4n) is 1.48. The Hall–Kier alpha value is -0.220. The summed E-state index contributed by atoms with van der Waals surface area (Å²) in [5, 5.41) is 9.25. The Morgan fingerprint density at radius 1 is 1.69 bits per heavy atom. The van der Waals surface area contributed by atoms with Crippen LogP contribution in [0, 0.1) is 0 Å². The van der Waals surface area contributed by atoms with Gasteiger partial charge in [-0.3, -0.25) is 4.79 Å². The van der Waals surface area contributed by atoms with E-state index in [0.29, 0.717) is 11.8 Å². The first-order chi connectivity index (χ1) is 6.22. The fraction of sp³-hybridized carbons (Fsp3) is 0.889. The molecule has 4 heteroatoms. The molecule has 1 N–H and O–H groups in total. The van der Waals surface area contributed by atoms with Gasteiger partial charge in [-0.25, -0.2) is 0 Å². The van der Waals surface area contributed by atoms with Gasteiger partial charge in [0.1, 0.15) is 0 Å². The summed E-state index contributed by atoms with van der Waals surface area (Å²) in [4.78, 5) is 12.6. The Labute approximate surface area is 83.5 Å². The molecule has 13 heavy (non-hydrogen) atoms. The van der Waals surface area contributed by atoms with Crippen LogP contribution < -0.4 is 0 Å². The molecule has 0 bridgehead atoms. The van der Waals surface area contributed by atoms with Gasteiger partial charge in [0.15, 0.2) is 0 Å². The summed E-state index contributed by atoms with van der Waals surface area (Å²) in [5.74, 6) is 0.462. The summed E-state index contributed by atoms with van der Waals surface area (Å²) < 4.78 is 0. The van der Waals surface area contributed by atoms with Crippen molar-refractivity contribution in [2.24, 2.45) is 0 Å². The second-order valence-electron chi connectivity index (χ2n) is 3.35. The second kappa shape index (κ2) is 5.50. The van der Waals surface area contributed by atoms with Gasteiger partial charge in [0.2, 0.25) is 0 Å². The zero-order valence-corrected chi connectivity index (χ0v) is 8.85. The van der Waals surface area contributed by atoms with Crippen molar-refractivity contribution in [2.45, 2.75) is 25.0 Å². The van der Waals surface area contributed by atoms with Crippen LogP contribution in [-0.4, -0.2) is 46.6 Å². The summed E-state index contributed by atoms with van der Waals surface area (Å²) in [6.07, 6.45) is 1.47. The van der Waals surface area contributed by atoms with Crippen LogP contribution in [0.4, 0.5) is 0 Å². The van der Waals surface area contributed by atoms with E-state index in [2.05, 4.69) is 11.8 Å². The van der Waals surface area contributed by atoms with Crippen LogP contribution in [0.1, 0.15) is 19.8 Å². The highest BCUT2D eigenvalue weighted by atomic mass is 32.2. The van der Waals surface area contributed by atoms with Gasteiger partial charge in [-0.2, -0.15) is 11.8 Å². The molecule has 3 nitrogen and oxygen atoms in total. The Morgan fingerprint density at radius 3 is 3.08 bits per heavy atom. The molecule has 1 heterocycles. The van der Waals surface area contributed by atoms with E-state index in [1.807, 2.05) is 11.8 Å². The van der Waals surface area contributed by atoms with Crippen molar-refractivity contribution >= 4 is 17.7 Å². The number of rotatable bonds is 4. The minimum absolute atomic E-state index is 0.279. The molecule has 1 atom stereocenters. The Bertz CT molecular complexity index is 175. The fourth-order valence-corrected chi connectivity index (χ4v) is 2.73. The van der Waals surface area contributed by atoms with E-state index in [0.717, 1.165) is 18.8 Å². The summed E-state index contributed by atoms with van der Waals surface area (Å²) in [6.45, 7) is 5.02. The molecule has 0 spiro atoms. The molecule has 1 aliphatic heterocycles. The van der Waals surface area contributed by atoms with E-state index >= 15 is 0 Å². The SMILES string of the molecule is CCC1CN(CCC(=O)O)CCS1. The maximum absolute atomic E-state index is 10.4.